The molecule has 2 rings (SSSR count). The first kappa shape index (κ1) is 12.0. The molecule has 1 aliphatic rings. The van der Waals surface area contributed by atoms with E-state index in [9.17, 15) is 0 Å². The Morgan fingerprint density at radius 1 is 1.62 bits per heavy atom. The standard InChI is InChI=1S/C12H20N2OS/c1-8(6-15-3)13-11(10-4-5-10)12-14-9(2)7-16-12/h7-8,10-11,13H,4-6H2,1-3H3. The van der Waals surface area contributed by atoms with E-state index in [1.807, 2.05) is 0 Å². The summed E-state index contributed by atoms with van der Waals surface area (Å²) in [6.07, 6.45) is 2.66. The van der Waals surface area contributed by atoms with Crippen molar-refractivity contribution in [3.05, 3.63) is 16.1 Å². The molecule has 1 aromatic heterocycles. The molecule has 4 heteroatoms. The lowest BCUT2D eigenvalue weighted by Crippen LogP contribution is -2.34. The molecule has 1 saturated carbocycles. The number of nitrogens with one attached hydrogen (secondary N) is 1. The molecule has 0 radical (unpaired) electrons. The van der Waals surface area contributed by atoms with Crippen LogP contribution in [0.5, 0.6) is 0 Å². The lowest BCUT2D eigenvalue weighted by atomic mass is 10.1. The molecule has 0 spiro atoms. The molecule has 3 nitrogen and oxygen atoms in total. The smallest absolute Gasteiger partial charge is 0.110 e. The number of rotatable bonds is 6. The van der Waals surface area contributed by atoms with Gasteiger partial charge in [-0.1, -0.05) is 0 Å². The Bertz CT molecular complexity index is 336. The minimum absolute atomic E-state index is 0.389. The van der Waals surface area contributed by atoms with E-state index in [1.54, 1.807) is 18.4 Å². The molecule has 1 aromatic rings. The molecule has 2 atom stereocenters. The Morgan fingerprint density at radius 3 is 2.88 bits per heavy atom. The summed E-state index contributed by atoms with van der Waals surface area (Å²) in [6.45, 7) is 4.98. The van der Waals surface area contributed by atoms with E-state index in [1.165, 1.54) is 17.8 Å². The molecule has 0 bridgehead atoms. The van der Waals surface area contributed by atoms with Crippen molar-refractivity contribution in [2.45, 2.75) is 38.8 Å². The average molecular weight is 240 g/mol. The van der Waals surface area contributed by atoms with E-state index in [4.69, 9.17) is 4.74 Å². The van der Waals surface area contributed by atoms with Gasteiger partial charge in [0.05, 0.1) is 12.6 Å². The zero-order valence-electron chi connectivity index (χ0n) is 10.2. The Hall–Kier alpha value is -0.450. The van der Waals surface area contributed by atoms with Crippen LogP contribution in [0.25, 0.3) is 0 Å². The Kier molecular flexibility index (Phi) is 3.95. The Balaban J connectivity index is 2.00. The fourth-order valence-corrected chi connectivity index (χ4v) is 2.91. The first-order chi connectivity index (χ1) is 7.70. The maximum absolute atomic E-state index is 5.17. The molecule has 1 N–H and O–H groups in total. The number of ether oxygens (including phenoxy) is 1. The van der Waals surface area contributed by atoms with Crippen molar-refractivity contribution >= 4 is 11.3 Å². The highest BCUT2D eigenvalue weighted by Gasteiger charge is 2.34. The summed E-state index contributed by atoms with van der Waals surface area (Å²) in [5, 5.41) is 7.00. The summed E-state index contributed by atoms with van der Waals surface area (Å²) in [6, 6.07) is 0.823. The fourth-order valence-electron chi connectivity index (χ4n) is 1.96. The van der Waals surface area contributed by atoms with Crippen LogP contribution in [0.2, 0.25) is 0 Å². The molecule has 1 aliphatic carbocycles. The summed E-state index contributed by atoms with van der Waals surface area (Å²) < 4.78 is 5.17. The zero-order chi connectivity index (χ0) is 11.5. The number of thiazole rings is 1. The first-order valence-corrected chi connectivity index (χ1v) is 6.75. The maximum Gasteiger partial charge on any atom is 0.110 e. The van der Waals surface area contributed by atoms with Gasteiger partial charge in [-0.25, -0.2) is 4.98 Å². The third kappa shape index (κ3) is 3.03. The first-order valence-electron chi connectivity index (χ1n) is 5.87. The molecule has 90 valence electrons. The van der Waals surface area contributed by atoms with Gasteiger partial charge in [0.1, 0.15) is 5.01 Å². The minimum Gasteiger partial charge on any atom is -0.383 e. The van der Waals surface area contributed by atoms with E-state index in [2.05, 4.69) is 29.5 Å². The predicted molar refractivity (Wildman–Crippen MR) is 66.8 cm³/mol. The molecule has 1 fully saturated rings. The second-order valence-corrected chi connectivity index (χ2v) is 5.55. The fraction of sp³-hybridized carbons (Fsp3) is 0.750. The molecular weight excluding hydrogens is 220 g/mol. The predicted octanol–water partition coefficient (Wildman–Crippen LogP) is 2.53. The summed E-state index contributed by atoms with van der Waals surface area (Å²) in [4.78, 5) is 4.60. The van der Waals surface area contributed by atoms with Crippen molar-refractivity contribution < 1.29 is 4.74 Å². The second-order valence-electron chi connectivity index (χ2n) is 4.67. The second kappa shape index (κ2) is 5.25. The molecule has 16 heavy (non-hydrogen) atoms. The van der Waals surface area contributed by atoms with Gasteiger partial charge in [0.15, 0.2) is 0 Å². The molecule has 0 amide bonds. The third-order valence-electron chi connectivity index (χ3n) is 2.88. The van der Waals surface area contributed by atoms with Crippen LogP contribution in [-0.2, 0) is 4.74 Å². The average Bonchev–Trinajstić information content (AvgIpc) is 2.98. The lowest BCUT2D eigenvalue weighted by Gasteiger charge is -2.21. The van der Waals surface area contributed by atoms with E-state index in [0.29, 0.717) is 12.1 Å². The summed E-state index contributed by atoms with van der Waals surface area (Å²) in [7, 11) is 1.75. The van der Waals surface area contributed by atoms with E-state index >= 15 is 0 Å². The largest absolute Gasteiger partial charge is 0.383 e. The number of methoxy groups -OCH3 is 1. The third-order valence-corrected chi connectivity index (χ3v) is 3.92. The lowest BCUT2D eigenvalue weighted by molar-refractivity contribution is 0.164. The van der Waals surface area contributed by atoms with E-state index in [0.717, 1.165) is 18.2 Å². The Morgan fingerprint density at radius 2 is 2.38 bits per heavy atom. The quantitative estimate of drug-likeness (QED) is 0.829. The van der Waals surface area contributed by atoms with Crippen LogP contribution in [-0.4, -0.2) is 24.7 Å². The van der Waals surface area contributed by atoms with Gasteiger partial charge < -0.3 is 10.1 Å². The van der Waals surface area contributed by atoms with Gasteiger partial charge in [0.25, 0.3) is 0 Å². The molecule has 0 aliphatic heterocycles. The van der Waals surface area contributed by atoms with Gasteiger partial charge in [-0.2, -0.15) is 0 Å². The van der Waals surface area contributed by atoms with Crippen molar-refractivity contribution in [2.75, 3.05) is 13.7 Å². The zero-order valence-corrected chi connectivity index (χ0v) is 11.0. The Labute approximate surface area is 101 Å². The molecule has 0 saturated heterocycles. The van der Waals surface area contributed by atoms with Gasteiger partial charge in [-0.05, 0) is 32.6 Å². The van der Waals surface area contributed by atoms with Crippen molar-refractivity contribution in [3.63, 3.8) is 0 Å². The highest BCUT2D eigenvalue weighted by atomic mass is 32.1. The van der Waals surface area contributed by atoms with Crippen molar-refractivity contribution in [1.82, 2.24) is 10.3 Å². The van der Waals surface area contributed by atoms with E-state index < -0.39 is 0 Å². The van der Waals surface area contributed by atoms with Crippen LogP contribution in [0.4, 0.5) is 0 Å². The van der Waals surface area contributed by atoms with Crippen LogP contribution in [0.15, 0.2) is 5.38 Å². The van der Waals surface area contributed by atoms with Gasteiger partial charge in [-0.15, -0.1) is 11.3 Å². The SMILES string of the molecule is COCC(C)NC(c1nc(C)cs1)C1CC1. The topological polar surface area (TPSA) is 34.1 Å². The summed E-state index contributed by atoms with van der Waals surface area (Å²) >= 11 is 1.77. The summed E-state index contributed by atoms with van der Waals surface area (Å²) in [5.74, 6) is 0.782. The molecule has 2 unspecified atom stereocenters. The number of hydrogen-bond donors (Lipinski definition) is 1. The van der Waals surface area contributed by atoms with Crippen LogP contribution < -0.4 is 5.32 Å². The van der Waals surface area contributed by atoms with Crippen molar-refractivity contribution in [1.29, 1.82) is 0 Å². The molecule has 0 aromatic carbocycles. The highest BCUT2D eigenvalue weighted by Crippen LogP contribution is 2.42. The minimum atomic E-state index is 0.389. The monoisotopic (exact) mass is 240 g/mol. The van der Waals surface area contributed by atoms with Gasteiger partial charge in [0.2, 0.25) is 0 Å². The molecular formula is C12H20N2OS. The van der Waals surface area contributed by atoms with Crippen LogP contribution in [0, 0.1) is 12.8 Å². The van der Waals surface area contributed by atoms with Crippen LogP contribution in [0.3, 0.4) is 0 Å². The maximum atomic E-state index is 5.17. The highest BCUT2D eigenvalue weighted by molar-refractivity contribution is 7.09. The van der Waals surface area contributed by atoms with Crippen molar-refractivity contribution in [2.24, 2.45) is 5.92 Å². The van der Waals surface area contributed by atoms with Crippen LogP contribution in [0.1, 0.15) is 36.5 Å². The molecule has 1 heterocycles. The van der Waals surface area contributed by atoms with Gasteiger partial charge in [-0.3, -0.25) is 0 Å². The van der Waals surface area contributed by atoms with Crippen LogP contribution >= 0.6 is 11.3 Å². The number of aromatic nitrogens is 1. The van der Waals surface area contributed by atoms with E-state index in [-0.39, 0.29) is 0 Å². The number of aryl methyl sites for hydroxylation is 1. The normalized spacial score (nSPS) is 19.7. The summed E-state index contributed by atoms with van der Waals surface area (Å²) in [5.41, 5.74) is 1.13. The van der Waals surface area contributed by atoms with Gasteiger partial charge >= 0.3 is 0 Å². The van der Waals surface area contributed by atoms with Gasteiger partial charge in [0, 0.05) is 24.2 Å². The number of nitrogens with zero attached hydrogens (tertiary/aromatic N) is 1. The number of hydrogen-bond acceptors (Lipinski definition) is 4. The van der Waals surface area contributed by atoms with Crippen molar-refractivity contribution in [3.8, 4) is 0 Å².